The van der Waals surface area contributed by atoms with Crippen LogP contribution in [0.4, 0.5) is 5.82 Å². The lowest BCUT2D eigenvalue weighted by Gasteiger charge is -2.24. The second-order valence-corrected chi connectivity index (χ2v) is 9.01. The third-order valence-electron chi connectivity index (χ3n) is 6.54. The van der Waals surface area contributed by atoms with Crippen LogP contribution in [0.5, 0.6) is 0 Å². The molecule has 35 heavy (non-hydrogen) atoms. The molecular weight excluding hydrogens is 446 g/mol. The van der Waals surface area contributed by atoms with Gasteiger partial charge in [0, 0.05) is 55.7 Å². The maximum Gasteiger partial charge on any atom is 0.256 e. The molecule has 1 fully saturated rings. The van der Waals surface area contributed by atoms with E-state index in [2.05, 4.69) is 37.5 Å². The van der Waals surface area contributed by atoms with Crippen molar-refractivity contribution in [1.29, 1.82) is 0 Å². The normalized spacial score (nSPS) is 17.1. The topological polar surface area (TPSA) is 119 Å². The van der Waals surface area contributed by atoms with Crippen LogP contribution in [0.15, 0.2) is 36.8 Å². The minimum atomic E-state index is -0.236. The van der Waals surface area contributed by atoms with Gasteiger partial charge in [0.25, 0.3) is 5.91 Å². The van der Waals surface area contributed by atoms with E-state index in [1.165, 1.54) is 0 Å². The molecule has 2 atom stereocenters. The number of aliphatic hydroxyl groups excluding tert-OH is 1. The van der Waals surface area contributed by atoms with Gasteiger partial charge in [0.2, 0.25) is 0 Å². The minimum Gasteiger partial charge on any atom is -0.396 e. The van der Waals surface area contributed by atoms with Crippen LogP contribution < -0.4 is 10.6 Å². The van der Waals surface area contributed by atoms with Crippen molar-refractivity contribution >= 4 is 28.4 Å². The van der Waals surface area contributed by atoms with Gasteiger partial charge >= 0.3 is 0 Å². The molecule has 0 spiro atoms. The highest BCUT2D eigenvalue weighted by molar-refractivity contribution is 6.01. The SMILES string of the molecule is CNc1cc(-c2cn([C@@H]3CCCOC3)c3ncccc23)nc2c(C(=O)NC(C)CCCO)cnn12. The summed E-state index contributed by atoms with van der Waals surface area (Å²) in [4.78, 5) is 22.6. The maximum absolute atomic E-state index is 13.0. The highest BCUT2D eigenvalue weighted by Gasteiger charge is 2.23. The Labute approximate surface area is 203 Å². The van der Waals surface area contributed by atoms with E-state index in [-0.39, 0.29) is 24.6 Å². The molecule has 0 aromatic carbocycles. The van der Waals surface area contributed by atoms with Crippen molar-refractivity contribution in [1.82, 2.24) is 29.5 Å². The Morgan fingerprint density at radius 2 is 2.26 bits per heavy atom. The summed E-state index contributed by atoms with van der Waals surface area (Å²) in [6.45, 7) is 3.48. The van der Waals surface area contributed by atoms with Gasteiger partial charge in [-0.25, -0.2) is 9.97 Å². The van der Waals surface area contributed by atoms with Crippen molar-refractivity contribution in [2.45, 2.75) is 44.7 Å². The first kappa shape index (κ1) is 23.3. The van der Waals surface area contributed by atoms with Gasteiger partial charge in [-0.05, 0) is 44.7 Å². The fourth-order valence-corrected chi connectivity index (χ4v) is 4.72. The van der Waals surface area contributed by atoms with Crippen LogP contribution in [0.25, 0.3) is 27.9 Å². The summed E-state index contributed by atoms with van der Waals surface area (Å²) in [5.41, 5.74) is 3.46. The number of aromatic nitrogens is 5. The molecular formula is C25H31N7O3. The van der Waals surface area contributed by atoms with E-state index in [4.69, 9.17) is 14.8 Å². The number of hydrogen-bond acceptors (Lipinski definition) is 7. The standard InChI is InChI=1S/C25H31N7O3/c1-16(6-4-10-33)29-25(34)19-13-28-32-22(26-2)12-21(30-24(19)32)20-14-31(17-7-5-11-35-15-17)23-18(20)8-3-9-27-23/h3,8-9,12-14,16-17,26,33H,4-7,10-11,15H2,1-2H3,(H,29,34)/t16?,17-/m1/s1. The van der Waals surface area contributed by atoms with Gasteiger partial charge in [-0.3, -0.25) is 4.79 Å². The molecule has 10 heteroatoms. The molecule has 5 heterocycles. The van der Waals surface area contributed by atoms with Gasteiger partial charge < -0.3 is 25.0 Å². The predicted octanol–water partition coefficient (Wildman–Crippen LogP) is 3.03. The summed E-state index contributed by atoms with van der Waals surface area (Å²) in [6.07, 6.45) is 8.83. The lowest BCUT2D eigenvalue weighted by atomic mass is 10.1. The van der Waals surface area contributed by atoms with Crippen molar-refractivity contribution in [3.05, 3.63) is 42.4 Å². The number of anilines is 1. The van der Waals surface area contributed by atoms with Gasteiger partial charge in [-0.2, -0.15) is 9.61 Å². The Morgan fingerprint density at radius 1 is 1.37 bits per heavy atom. The molecule has 0 bridgehead atoms. The summed E-state index contributed by atoms with van der Waals surface area (Å²) < 4.78 is 9.58. The van der Waals surface area contributed by atoms with Crippen molar-refractivity contribution in [3.63, 3.8) is 0 Å². The number of fused-ring (bicyclic) bond motifs is 2. The number of rotatable bonds is 8. The summed E-state index contributed by atoms with van der Waals surface area (Å²) in [7, 11) is 1.82. The highest BCUT2D eigenvalue weighted by Crippen LogP contribution is 2.34. The van der Waals surface area contributed by atoms with Gasteiger partial charge in [0.1, 0.15) is 17.0 Å². The maximum atomic E-state index is 13.0. The van der Waals surface area contributed by atoms with Crippen molar-refractivity contribution in [3.8, 4) is 11.3 Å². The zero-order valence-corrected chi connectivity index (χ0v) is 20.1. The van der Waals surface area contributed by atoms with Crippen molar-refractivity contribution in [2.24, 2.45) is 0 Å². The van der Waals surface area contributed by atoms with Crippen molar-refractivity contribution in [2.75, 3.05) is 32.2 Å². The molecule has 1 amide bonds. The van der Waals surface area contributed by atoms with E-state index < -0.39 is 0 Å². The number of carbonyl (C=O) groups excluding carboxylic acids is 1. The first-order valence-corrected chi connectivity index (χ1v) is 12.1. The summed E-state index contributed by atoms with van der Waals surface area (Å²) in [5, 5.41) is 20.7. The van der Waals surface area contributed by atoms with Gasteiger partial charge in [0.05, 0.1) is 24.5 Å². The molecule has 3 N–H and O–H groups in total. The zero-order valence-electron chi connectivity index (χ0n) is 20.1. The van der Waals surface area contributed by atoms with Crippen LogP contribution in [0.1, 0.15) is 49.0 Å². The van der Waals surface area contributed by atoms with E-state index in [1.54, 1.807) is 16.9 Å². The number of hydrogen-bond donors (Lipinski definition) is 3. The van der Waals surface area contributed by atoms with Gasteiger partial charge in [0.15, 0.2) is 5.65 Å². The molecule has 0 saturated carbocycles. The second kappa shape index (κ2) is 10.0. The highest BCUT2D eigenvalue weighted by atomic mass is 16.5. The number of aliphatic hydroxyl groups is 1. The third-order valence-corrected chi connectivity index (χ3v) is 6.54. The summed E-state index contributed by atoms with van der Waals surface area (Å²) >= 11 is 0. The smallest absolute Gasteiger partial charge is 0.256 e. The average molecular weight is 478 g/mol. The molecule has 4 aromatic rings. The van der Waals surface area contributed by atoms with Crippen LogP contribution in [-0.2, 0) is 4.74 Å². The molecule has 1 aliphatic rings. The third kappa shape index (κ3) is 4.46. The first-order chi connectivity index (χ1) is 17.1. The van der Waals surface area contributed by atoms with Crippen LogP contribution >= 0.6 is 0 Å². The Morgan fingerprint density at radius 3 is 3.03 bits per heavy atom. The Balaban J connectivity index is 1.58. The first-order valence-electron chi connectivity index (χ1n) is 12.1. The number of carbonyl (C=O) groups is 1. The van der Waals surface area contributed by atoms with Crippen LogP contribution in [0.3, 0.4) is 0 Å². The monoisotopic (exact) mass is 477 g/mol. The molecule has 1 unspecified atom stereocenters. The number of pyridine rings is 1. The zero-order chi connectivity index (χ0) is 24.4. The number of nitrogens with zero attached hydrogens (tertiary/aromatic N) is 5. The van der Waals surface area contributed by atoms with Crippen LogP contribution in [0.2, 0.25) is 0 Å². The lowest BCUT2D eigenvalue weighted by molar-refractivity contribution is 0.0605. The molecule has 1 aliphatic heterocycles. The molecule has 5 rings (SSSR count). The molecule has 1 saturated heterocycles. The largest absolute Gasteiger partial charge is 0.396 e. The Hall–Kier alpha value is -3.50. The summed E-state index contributed by atoms with van der Waals surface area (Å²) in [6, 6.07) is 6.07. The van der Waals surface area contributed by atoms with E-state index >= 15 is 0 Å². The van der Waals surface area contributed by atoms with Crippen LogP contribution in [0, 0.1) is 0 Å². The Bertz CT molecular complexity index is 1340. The summed E-state index contributed by atoms with van der Waals surface area (Å²) in [5.74, 6) is 0.490. The molecule has 0 radical (unpaired) electrons. The van der Waals surface area contributed by atoms with Crippen LogP contribution in [-0.4, -0.2) is 68.1 Å². The van der Waals surface area contributed by atoms with E-state index in [1.807, 2.05) is 26.1 Å². The lowest BCUT2D eigenvalue weighted by Crippen LogP contribution is -2.32. The fourth-order valence-electron chi connectivity index (χ4n) is 4.72. The molecule has 184 valence electrons. The fraction of sp³-hybridized carbons (Fsp3) is 0.440. The minimum absolute atomic E-state index is 0.0710. The van der Waals surface area contributed by atoms with Gasteiger partial charge in [-0.1, -0.05) is 0 Å². The molecule has 0 aliphatic carbocycles. The van der Waals surface area contributed by atoms with Crippen molar-refractivity contribution < 1.29 is 14.6 Å². The van der Waals surface area contributed by atoms with E-state index in [9.17, 15) is 4.79 Å². The predicted molar refractivity (Wildman–Crippen MR) is 134 cm³/mol. The number of nitrogens with one attached hydrogen (secondary N) is 2. The molecule has 4 aromatic heterocycles. The Kier molecular flexibility index (Phi) is 6.65. The number of ether oxygens (including phenoxy) is 1. The number of amides is 1. The van der Waals surface area contributed by atoms with Gasteiger partial charge in [-0.15, -0.1) is 0 Å². The second-order valence-electron chi connectivity index (χ2n) is 9.01. The average Bonchev–Trinajstić information content (AvgIpc) is 3.49. The van der Waals surface area contributed by atoms with E-state index in [0.717, 1.165) is 47.6 Å². The van der Waals surface area contributed by atoms with E-state index in [0.29, 0.717) is 30.7 Å². The quantitative estimate of drug-likeness (QED) is 0.357. The molecule has 10 nitrogen and oxygen atoms in total.